The first-order chi connectivity index (χ1) is 7.20. The Morgan fingerprint density at radius 1 is 1.53 bits per heavy atom. The minimum absolute atomic E-state index is 0.101. The van der Waals surface area contributed by atoms with Gasteiger partial charge in [0.05, 0.1) is 0 Å². The van der Waals surface area contributed by atoms with E-state index >= 15 is 0 Å². The van der Waals surface area contributed by atoms with Crippen LogP contribution in [0.15, 0.2) is 12.2 Å². The highest BCUT2D eigenvalue weighted by molar-refractivity contribution is 5.64. The predicted molar refractivity (Wildman–Crippen MR) is 59.7 cm³/mol. The zero-order valence-electron chi connectivity index (χ0n) is 8.98. The number of hydrogen-bond donors (Lipinski definition) is 3. The second-order valence-electron chi connectivity index (χ2n) is 4.08. The largest absolute Gasteiger partial charge is 0.465 e. The molecule has 4 nitrogen and oxygen atoms in total. The summed E-state index contributed by atoms with van der Waals surface area (Å²) in [6.45, 7) is 0.338. The van der Waals surface area contributed by atoms with Gasteiger partial charge < -0.3 is 16.2 Å². The lowest BCUT2D eigenvalue weighted by molar-refractivity contribution is 0.192. The summed E-state index contributed by atoms with van der Waals surface area (Å²) >= 11 is 0. The number of nitrogens with one attached hydrogen (secondary N) is 1. The monoisotopic (exact) mass is 212 g/mol. The molecule has 0 saturated carbocycles. The van der Waals surface area contributed by atoms with Crippen molar-refractivity contribution in [2.75, 3.05) is 6.54 Å². The van der Waals surface area contributed by atoms with Crippen LogP contribution in [0.5, 0.6) is 0 Å². The molecule has 0 heterocycles. The van der Waals surface area contributed by atoms with Crippen LogP contribution in [0, 0.1) is 5.92 Å². The molecule has 0 fully saturated rings. The summed E-state index contributed by atoms with van der Waals surface area (Å²) in [5, 5.41) is 10.8. The van der Waals surface area contributed by atoms with E-state index in [1.165, 1.54) is 19.3 Å². The molecule has 4 heteroatoms. The molecule has 1 amide bonds. The molecule has 1 aliphatic rings. The van der Waals surface area contributed by atoms with E-state index in [1.54, 1.807) is 0 Å². The molecule has 0 bridgehead atoms. The molecule has 0 spiro atoms. The van der Waals surface area contributed by atoms with Gasteiger partial charge in [-0.1, -0.05) is 25.0 Å². The number of allylic oxidation sites excluding steroid dienone is 1. The molecule has 2 unspecified atom stereocenters. The van der Waals surface area contributed by atoms with Crippen molar-refractivity contribution in [3.05, 3.63) is 12.2 Å². The molecule has 2 atom stereocenters. The quantitative estimate of drug-likeness (QED) is 0.623. The maximum atomic E-state index is 10.3. The molecule has 86 valence electrons. The first kappa shape index (κ1) is 12.0. The van der Waals surface area contributed by atoms with Crippen molar-refractivity contribution in [3.63, 3.8) is 0 Å². The minimum Gasteiger partial charge on any atom is -0.465 e. The topological polar surface area (TPSA) is 75.3 Å². The van der Waals surface area contributed by atoms with Gasteiger partial charge in [0.1, 0.15) is 0 Å². The Hall–Kier alpha value is -1.03. The number of rotatable bonds is 3. The van der Waals surface area contributed by atoms with Crippen molar-refractivity contribution in [2.24, 2.45) is 11.7 Å². The molecule has 0 aromatic carbocycles. The van der Waals surface area contributed by atoms with Gasteiger partial charge in [-0.25, -0.2) is 4.79 Å². The summed E-state index contributed by atoms with van der Waals surface area (Å²) in [4.78, 5) is 10.3. The molecule has 1 rings (SSSR count). The SMILES string of the molecule is NC(CNC(=O)O)C1/C=C/CCCCC1. The fourth-order valence-electron chi connectivity index (χ4n) is 1.90. The normalized spacial score (nSPS) is 26.1. The molecule has 0 aromatic heterocycles. The smallest absolute Gasteiger partial charge is 0.404 e. The Kier molecular flexibility index (Phi) is 5.18. The third-order valence-electron chi connectivity index (χ3n) is 2.83. The molecule has 0 aromatic rings. The Bertz CT molecular complexity index is 229. The maximum Gasteiger partial charge on any atom is 0.404 e. The summed E-state index contributed by atoms with van der Waals surface area (Å²) in [7, 11) is 0. The van der Waals surface area contributed by atoms with Gasteiger partial charge in [0.2, 0.25) is 0 Å². The van der Waals surface area contributed by atoms with Crippen LogP contribution in [-0.4, -0.2) is 23.8 Å². The summed E-state index contributed by atoms with van der Waals surface area (Å²) in [6.07, 6.45) is 9.20. The second kappa shape index (κ2) is 6.45. The molecule has 4 N–H and O–H groups in total. The number of hydrogen-bond acceptors (Lipinski definition) is 2. The number of nitrogens with two attached hydrogens (primary N) is 1. The fourth-order valence-corrected chi connectivity index (χ4v) is 1.90. The Morgan fingerprint density at radius 3 is 3.07 bits per heavy atom. The lowest BCUT2D eigenvalue weighted by Gasteiger charge is -2.22. The summed E-state index contributed by atoms with van der Waals surface area (Å²) in [5.74, 6) is 0.317. The summed E-state index contributed by atoms with van der Waals surface area (Å²) < 4.78 is 0. The maximum absolute atomic E-state index is 10.3. The first-order valence-electron chi connectivity index (χ1n) is 5.59. The van der Waals surface area contributed by atoms with E-state index in [1.807, 2.05) is 0 Å². The van der Waals surface area contributed by atoms with Crippen molar-refractivity contribution < 1.29 is 9.90 Å². The summed E-state index contributed by atoms with van der Waals surface area (Å²) in [6, 6.07) is -0.101. The molecule has 0 saturated heterocycles. The van der Waals surface area contributed by atoms with Crippen molar-refractivity contribution in [1.82, 2.24) is 5.32 Å². The third-order valence-corrected chi connectivity index (χ3v) is 2.83. The van der Waals surface area contributed by atoms with Gasteiger partial charge in [0.15, 0.2) is 0 Å². The predicted octanol–water partition coefficient (Wildman–Crippen LogP) is 1.72. The van der Waals surface area contributed by atoms with Crippen LogP contribution in [0.3, 0.4) is 0 Å². The number of carboxylic acid groups (broad SMARTS) is 1. The van der Waals surface area contributed by atoms with E-state index in [-0.39, 0.29) is 6.04 Å². The average molecular weight is 212 g/mol. The standard InChI is InChI=1S/C11H20N2O2/c12-10(8-13-11(14)15)9-6-4-2-1-3-5-7-9/h4,6,9-10,13H,1-3,5,7-8,12H2,(H,14,15)/b6-4+. The number of amides is 1. The van der Waals surface area contributed by atoms with Crippen molar-refractivity contribution in [2.45, 2.75) is 38.1 Å². The molecule has 1 aliphatic carbocycles. The van der Waals surface area contributed by atoms with Crippen LogP contribution in [0.2, 0.25) is 0 Å². The highest BCUT2D eigenvalue weighted by atomic mass is 16.4. The van der Waals surface area contributed by atoms with Gasteiger partial charge >= 0.3 is 6.09 Å². The van der Waals surface area contributed by atoms with E-state index in [0.717, 1.165) is 12.8 Å². The zero-order chi connectivity index (χ0) is 11.1. The van der Waals surface area contributed by atoms with Gasteiger partial charge in [-0.15, -0.1) is 0 Å². The molecule has 0 aliphatic heterocycles. The van der Waals surface area contributed by atoms with Crippen LogP contribution in [0.25, 0.3) is 0 Å². The van der Waals surface area contributed by atoms with Crippen molar-refractivity contribution in [3.8, 4) is 0 Å². The molecule has 0 radical (unpaired) electrons. The van der Waals surface area contributed by atoms with Gasteiger partial charge in [-0.05, 0) is 25.2 Å². The molecular weight excluding hydrogens is 192 g/mol. The Morgan fingerprint density at radius 2 is 2.33 bits per heavy atom. The Balaban J connectivity index is 2.37. The van der Waals surface area contributed by atoms with E-state index in [0.29, 0.717) is 12.5 Å². The van der Waals surface area contributed by atoms with E-state index in [4.69, 9.17) is 10.8 Å². The highest BCUT2D eigenvalue weighted by Gasteiger charge is 2.16. The van der Waals surface area contributed by atoms with Crippen LogP contribution in [0.4, 0.5) is 4.79 Å². The van der Waals surface area contributed by atoms with Gasteiger partial charge in [-0.2, -0.15) is 0 Å². The van der Waals surface area contributed by atoms with Crippen LogP contribution >= 0.6 is 0 Å². The first-order valence-corrected chi connectivity index (χ1v) is 5.59. The van der Waals surface area contributed by atoms with E-state index in [2.05, 4.69) is 17.5 Å². The highest BCUT2D eigenvalue weighted by Crippen LogP contribution is 2.18. The minimum atomic E-state index is -1.000. The average Bonchev–Trinajstić information content (AvgIpc) is 2.13. The summed E-state index contributed by atoms with van der Waals surface area (Å²) in [5.41, 5.74) is 5.94. The van der Waals surface area contributed by atoms with Crippen LogP contribution in [0.1, 0.15) is 32.1 Å². The molecule has 15 heavy (non-hydrogen) atoms. The van der Waals surface area contributed by atoms with Crippen molar-refractivity contribution >= 4 is 6.09 Å². The van der Waals surface area contributed by atoms with Crippen LogP contribution in [-0.2, 0) is 0 Å². The van der Waals surface area contributed by atoms with E-state index in [9.17, 15) is 4.79 Å². The van der Waals surface area contributed by atoms with Gasteiger partial charge in [-0.3, -0.25) is 0 Å². The Labute approximate surface area is 90.5 Å². The molecular formula is C11H20N2O2. The lowest BCUT2D eigenvalue weighted by atomic mass is 9.91. The fraction of sp³-hybridized carbons (Fsp3) is 0.727. The third kappa shape index (κ3) is 4.83. The number of carbonyl (C=O) groups is 1. The lowest BCUT2D eigenvalue weighted by Crippen LogP contribution is -2.41. The van der Waals surface area contributed by atoms with Gasteiger partial charge in [0, 0.05) is 12.6 Å². The zero-order valence-corrected chi connectivity index (χ0v) is 8.98. The van der Waals surface area contributed by atoms with Crippen LogP contribution < -0.4 is 11.1 Å². The van der Waals surface area contributed by atoms with E-state index < -0.39 is 6.09 Å². The van der Waals surface area contributed by atoms with Gasteiger partial charge in [0.25, 0.3) is 0 Å². The second-order valence-corrected chi connectivity index (χ2v) is 4.08. The van der Waals surface area contributed by atoms with Crippen molar-refractivity contribution in [1.29, 1.82) is 0 Å².